The number of hydrogen-bond acceptors (Lipinski definition) is 6. The van der Waals surface area contributed by atoms with Crippen LogP contribution in [-0.2, 0) is 22.7 Å². The van der Waals surface area contributed by atoms with Gasteiger partial charge in [-0.25, -0.2) is 4.68 Å². The molecule has 1 heterocycles. The van der Waals surface area contributed by atoms with E-state index in [1.165, 1.54) is 16.7 Å². The van der Waals surface area contributed by atoms with Gasteiger partial charge in [-0.2, -0.15) is 0 Å². The van der Waals surface area contributed by atoms with Gasteiger partial charge >= 0.3 is 0 Å². The summed E-state index contributed by atoms with van der Waals surface area (Å²) >= 11 is 0. The Morgan fingerprint density at radius 1 is 0.902 bits per heavy atom. The predicted octanol–water partition coefficient (Wildman–Crippen LogP) is 4.85. The van der Waals surface area contributed by atoms with Gasteiger partial charge in [0.05, 0.1) is 25.4 Å². The molecule has 0 aliphatic rings. The molecule has 208 valence electrons. The van der Waals surface area contributed by atoms with Crippen LogP contribution in [0.4, 0.5) is 5.69 Å². The number of carbonyl (C=O) groups excluding carboxylic acids is 2. The molecule has 0 saturated heterocycles. The fraction of sp³-hybridized carbons (Fsp3) is 0.188. The maximum Gasteiger partial charge on any atom is 0.249 e. The number of para-hydroxylation sites is 1. The molecule has 0 bridgehead atoms. The Kier molecular flexibility index (Phi) is 8.24. The highest BCUT2D eigenvalue weighted by Crippen LogP contribution is 2.38. The number of anilines is 1. The summed E-state index contributed by atoms with van der Waals surface area (Å²) in [4.78, 5) is 30.0. The van der Waals surface area contributed by atoms with Gasteiger partial charge in [-0.1, -0.05) is 71.9 Å². The molecule has 0 spiro atoms. The normalized spacial score (nSPS) is 11.6. The minimum absolute atomic E-state index is 0.149. The average molecular weight is 550 g/mol. The number of aryl methyl sites for hydroxylation is 1. The number of ether oxygens (including phenoxy) is 2. The lowest BCUT2D eigenvalue weighted by molar-refractivity contribution is -0.127. The number of carbonyl (C=O) groups is 2. The van der Waals surface area contributed by atoms with E-state index in [0.717, 1.165) is 11.1 Å². The van der Waals surface area contributed by atoms with Crippen LogP contribution in [0, 0.1) is 6.92 Å². The molecule has 0 aliphatic heterocycles. The fourth-order valence-electron chi connectivity index (χ4n) is 4.81. The van der Waals surface area contributed by atoms with E-state index in [2.05, 4.69) is 15.6 Å². The Balaban J connectivity index is 1.62. The zero-order valence-electron chi connectivity index (χ0n) is 23.2. The first-order chi connectivity index (χ1) is 20.0. The molecule has 1 aromatic heterocycles. The van der Waals surface area contributed by atoms with Crippen molar-refractivity contribution in [2.24, 2.45) is 0 Å². The zero-order valence-corrected chi connectivity index (χ0v) is 23.2. The van der Waals surface area contributed by atoms with Gasteiger partial charge in [0.25, 0.3) is 0 Å². The van der Waals surface area contributed by atoms with E-state index in [9.17, 15) is 9.59 Å². The van der Waals surface area contributed by atoms with Crippen molar-refractivity contribution in [3.63, 3.8) is 0 Å². The molecule has 9 nitrogen and oxygen atoms in total. The van der Waals surface area contributed by atoms with Crippen LogP contribution in [-0.4, -0.2) is 41.0 Å². The largest absolute Gasteiger partial charge is 0.497 e. The number of nitrogens with one attached hydrogen (secondary N) is 1. The Morgan fingerprint density at radius 3 is 2.39 bits per heavy atom. The lowest BCUT2D eigenvalue weighted by Gasteiger charge is -2.33. The van der Waals surface area contributed by atoms with Crippen molar-refractivity contribution in [2.75, 3.05) is 19.1 Å². The fourth-order valence-corrected chi connectivity index (χ4v) is 4.81. The second-order valence-electron chi connectivity index (χ2n) is 9.50. The monoisotopic (exact) mass is 549 g/mol. The van der Waals surface area contributed by atoms with E-state index < -0.39 is 6.04 Å². The molecule has 1 unspecified atom stereocenters. The standard InChI is InChI=1S/C32H31N5O4/c1-22-11-7-8-14-25(22)31(32(39)33-20-23-12-5-4-6-13-23)37(28-18-17-24(40-2)19-29(28)41-3)30(38)21-36-27-16-10-9-15-26(27)34-35-36/h4-19,31H,20-21H2,1-3H3,(H,33,39). The minimum Gasteiger partial charge on any atom is -0.497 e. The topological polar surface area (TPSA) is 98.6 Å². The molecule has 5 rings (SSSR count). The maximum absolute atomic E-state index is 14.4. The number of aromatic nitrogens is 3. The SMILES string of the molecule is COc1ccc(N(C(=O)Cn2nnc3ccccc32)C(C(=O)NCc2ccccc2)c2ccccc2C)c(OC)c1. The summed E-state index contributed by atoms with van der Waals surface area (Å²) in [6.07, 6.45) is 0. The second-order valence-corrected chi connectivity index (χ2v) is 9.50. The molecular weight excluding hydrogens is 518 g/mol. The third kappa shape index (κ3) is 5.89. The van der Waals surface area contributed by atoms with E-state index in [1.807, 2.05) is 85.8 Å². The van der Waals surface area contributed by atoms with Gasteiger partial charge in [-0.15, -0.1) is 5.10 Å². The molecule has 5 aromatic rings. The Hall–Kier alpha value is -5.18. The molecule has 4 aromatic carbocycles. The van der Waals surface area contributed by atoms with Gasteiger partial charge < -0.3 is 14.8 Å². The summed E-state index contributed by atoms with van der Waals surface area (Å²) < 4.78 is 12.6. The number of benzene rings is 4. The molecule has 9 heteroatoms. The van der Waals surface area contributed by atoms with Crippen molar-refractivity contribution in [1.82, 2.24) is 20.3 Å². The summed E-state index contributed by atoms with van der Waals surface area (Å²) in [6.45, 7) is 2.08. The van der Waals surface area contributed by atoms with Crippen molar-refractivity contribution in [3.05, 3.63) is 114 Å². The number of nitrogens with zero attached hydrogens (tertiary/aromatic N) is 4. The average Bonchev–Trinajstić information content (AvgIpc) is 3.42. The van der Waals surface area contributed by atoms with Crippen molar-refractivity contribution < 1.29 is 19.1 Å². The summed E-state index contributed by atoms with van der Waals surface area (Å²) in [5, 5.41) is 11.5. The molecule has 41 heavy (non-hydrogen) atoms. The van der Waals surface area contributed by atoms with Crippen molar-refractivity contribution in [3.8, 4) is 11.5 Å². The molecule has 0 fully saturated rings. The Bertz CT molecular complexity index is 1670. The number of rotatable bonds is 10. The first kappa shape index (κ1) is 27.4. The highest BCUT2D eigenvalue weighted by Gasteiger charge is 2.35. The number of methoxy groups -OCH3 is 2. The van der Waals surface area contributed by atoms with Crippen LogP contribution in [0.5, 0.6) is 11.5 Å². The quantitative estimate of drug-likeness (QED) is 0.268. The first-order valence-electron chi connectivity index (χ1n) is 13.2. The van der Waals surface area contributed by atoms with E-state index in [1.54, 1.807) is 25.3 Å². The van der Waals surface area contributed by atoms with Gasteiger partial charge in [0.15, 0.2) is 0 Å². The molecule has 0 radical (unpaired) electrons. The van der Waals surface area contributed by atoms with Crippen molar-refractivity contribution in [1.29, 1.82) is 0 Å². The lowest BCUT2D eigenvalue weighted by atomic mass is 9.97. The molecule has 0 aliphatic carbocycles. The van der Waals surface area contributed by atoms with Gasteiger partial charge in [0.1, 0.15) is 29.6 Å². The maximum atomic E-state index is 14.4. The molecule has 0 saturated carbocycles. The Labute approximate surface area is 238 Å². The summed E-state index contributed by atoms with van der Waals surface area (Å²) in [7, 11) is 3.07. The van der Waals surface area contributed by atoms with Crippen LogP contribution in [0.2, 0.25) is 0 Å². The van der Waals surface area contributed by atoms with E-state index in [-0.39, 0.29) is 18.4 Å². The van der Waals surface area contributed by atoms with E-state index in [4.69, 9.17) is 9.47 Å². The zero-order chi connectivity index (χ0) is 28.8. The highest BCUT2D eigenvalue weighted by molar-refractivity contribution is 6.02. The summed E-state index contributed by atoms with van der Waals surface area (Å²) in [5.74, 6) is 0.238. The summed E-state index contributed by atoms with van der Waals surface area (Å²) in [6, 6.07) is 28.7. The second kappa shape index (κ2) is 12.3. The molecule has 2 amide bonds. The molecule has 1 N–H and O–H groups in total. The van der Waals surface area contributed by atoms with Crippen molar-refractivity contribution in [2.45, 2.75) is 26.1 Å². The minimum atomic E-state index is -1.01. The van der Waals surface area contributed by atoms with Crippen LogP contribution in [0.1, 0.15) is 22.7 Å². The third-order valence-electron chi connectivity index (χ3n) is 6.92. The van der Waals surface area contributed by atoms with Crippen LogP contribution < -0.4 is 19.7 Å². The van der Waals surface area contributed by atoms with Crippen LogP contribution in [0.25, 0.3) is 11.0 Å². The van der Waals surface area contributed by atoms with Crippen LogP contribution in [0.3, 0.4) is 0 Å². The van der Waals surface area contributed by atoms with Gasteiger partial charge in [0.2, 0.25) is 11.8 Å². The highest BCUT2D eigenvalue weighted by atomic mass is 16.5. The number of fused-ring (bicyclic) bond motifs is 1. The third-order valence-corrected chi connectivity index (χ3v) is 6.92. The van der Waals surface area contributed by atoms with Gasteiger partial charge in [-0.3, -0.25) is 14.5 Å². The number of hydrogen-bond donors (Lipinski definition) is 1. The summed E-state index contributed by atoms with van der Waals surface area (Å²) in [5.41, 5.74) is 4.30. The van der Waals surface area contributed by atoms with Gasteiger partial charge in [-0.05, 0) is 47.9 Å². The van der Waals surface area contributed by atoms with E-state index >= 15 is 0 Å². The smallest absolute Gasteiger partial charge is 0.249 e. The van der Waals surface area contributed by atoms with Crippen molar-refractivity contribution >= 4 is 28.5 Å². The first-order valence-corrected chi connectivity index (χ1v) is 13.2. The lowest BCUT2D eigenvalue weighted by Crippen LogP contribution is -2.45. The Morgan fingerprint density at radius 2 is 1.63 bits per heavy atom. The molecule has 1 atom stereocenters. The van der Waals surface area contributed by atoms with E-state index in [0.29, 0.717) is 40.3 Å². The molecular formula is C32H31N5O4. The number of amides is 2. The van der Waals surface area contributed by atoms with Crippen LogP contribution in [0.15, 0.2) is 97.1 Å². The van der Waals surface area contributed by atoms with Crippen LogP contribution >= 0.6 is 0 Å². The van der Waals surface area contributed by atoms with Gasteiger partial charge in [0, 0.05) is 12.6 Å². The predicted molar refractivity (Wildman–Crippen MR) is 157 cm³/mol.